The summed E-state index contributed by atoms with van der Waals surface area (Å²) in [5.74, 6) is 0.374. The Morgan fingerprint density at radius 1 is 1.10 bits per heavy atom. The number of aliphatic hydroxyl groups excluding tert-OH is 1. The number of hydrogen-bond donors (Lipinski definition) is 3. The summed E-state index contributed by atoms with van der Waals surface area (Å²) in [6.45, 7) is -0.412. The lowest BCUT2D eigenvalue weighted by Gasteiger charge is -2.16. The van der Waals surface area contributed by atoms with Crippen molar-refractivity contribution >= 4 is 27.9 Å². The predicted octanol–water partition coefficient (Wildman–Crippen LogP) is 4.48. The third-order valence-corrected chi connectivity index (χ3v) is 7.15. The highest BCUT2D eigenvalue weighted by Crippen LogP contribution is 2.41. The van der Waals surface area contributed by atoms with Gasteiger partial charge in [-0.2, -0.15) is 4.98 Å². The maximum absolute atomic E-state index is 15.2. The number of rotatable bonds is 5. The zero-order valence-corrected chi connectivity index (χ0v) is 20.6. The van der Waals surface area contributed by atoms with Crippen molar-refractivity contribution in [3.63, 3.8) is 0 Å². The molecule has 4 heterocycles. The molecule has 0 atom stereocenters. The van der Waals surface area contributed by atoms with Gasteiger partial charge in [-0.3, -0.25) is 14.3 Å². The number of benzene rings is 2. The molecule has 1 saturated carbocycles. The lowest BCUT2D eigenvalue weighted by Crippen LogP contribution is -2.20. The molecule has 0 radical (unpaired) electrons. The van der Waals surface area contributed by atoms with E-state index in [1.54, 1.807) is 48.9 Å². The van der Waals surface area contributed by atoms with E-state index in [1.807, 2.05) is 12.1 Å². The van der Waals surface area contributed by atoms with Gasteiger partial charge < -0.3 is 15.8 Å². The number of H-pyrrole nitrogens is 1. The fourth-order valence-corrected chi connectivity index (χ4v) is 5.12. The lowest BCUT2D eigenvalue weighted by molar-refractivity contribution is 0.282. The van der Waals surface area contributed by atoms with Crippen molar-refractivity contribution < 1.29 is 9.50 Å². The summed E-state index contributed by atoms with van der Waals surface area (Å²) in [6, 6.07) is 14.0. The molecule has 0 saturated heterocycles. The minimum atomic E-state index is -0.541. The average molecular weight is 520 g/mol. The van der Waals surface area contributed by atoms with Gasteiger partial charge in [0.25, 0.3) is 5.56 Å². The fourth-order valence-electron chi connectivity index (χ4n) is 5.12. The molecule has 39 heavy (non-hydrogen) atoms. The summed E-state index contributed by atoms with van der Waals surface area (Å²) >= 11 is 0. The van der Waals surface area contributed by atoms with E-state index >= 15 is 4.39 Å². The van der Waals surface area contributed by atoms with Crippen molar-refractivity contribution in [3.05, 3.63) is 94.4 Å². The van der Waals surface area contributed by atoms with Crippen LogP contribution in [0.4, 0.5) is 10.3 Å². The van der Waals surface area contributed by atoms with Crippen LogP contribution in [0.3, 0.4) is 0 Å². The molecule has 1 aliphatic carbocycles. The van der Waals surface area contributed by atoms with Gasteiger partial charge >= 0.3 is 0 Å². The van der Waals surface area contributed by atoms with Crippen LogP contribution < -0.4 is 11.3 Å². The van der Waals surface area contributed by atoms with Crippen molar-refractivity contribution in [3.8, 4) is 28.3 Å². The Morgan fingerprint density at radius 2 is 1.97 bits per heavy atom. The molecule has 4 N–H and O–H groups in total. The molecule has 6 aromatic rings. The van der Waals surface area contributed by atoms with E-state index in [2.05, 4.69) is 19.9 Å². The maximum atomic E-state index is 15.2. The van der Waals surface area contributed by atoms with Crippen molar-refractivity contribution in [2.75, 3.05) is 5.73 Å². The third kappa shape index (κ3) is 3.84. The molecule has 0 amide bonds. The third-order valence-electron chi connectivity index (χ3n) is 7.15. The number of halogens is 1. The number of aromatic amines is 1. The number of aromatic nitrogens is 6. The molecule has 0 aliphatic heterocycles. The number of fused-ring (bicyclic) bond motifs is 2. The molecule has 0 unspecified atom stereocenters. The number of nitrogens with two attached hydrogens (primary N) is 1. The van der Waals surface area contributed by atoms with Crippen LogP contribution in [0.15, 0.2) is 71.9 Å². The molecule has 1 fully saturated rings. The van der Waals surface area contributed by atoms with Crippen molar-refractivity contribution in [1.82, 2.24) is 29.5 Å². The second kappa shape index (κ2) is 8.81. The number of nitrogens with zero attached hydrogens (tertiary/aromatic N) is 5. The number of hydrogen-bond acceptors (Lipinski definition) is 7. The SMILES string of the molecule is Nc1nc(-c2cccc(-n3ccc4cc(C5CC5)cc(F)c4c3=O)c2CO)c2nc(-c3cccnc3)[nH]c2n1. The fraction of sp³-hybridized carbons (Fsp3) is 0.138. The standard InChI is InChI=1S/C29H22FN7O2/c30-21-12-18(15-6-7-15)11-16-8-10-37(28(39)23(16)21)22-5-1-4-19(20(22)14-38)24-25-27(36-29(31)34-24)35-26(33-25)17-3-2-9-32-13-17/h1-5,8-13,15,38H,6-7,14H2,(H3,31,33,34,35,36). The van der Waals surface area contributed by atoms with E-state index in [1.165, 1.54) is 10.6 Å². The van der Waals surface area contributed by atoms with Gasteiger partial charge in [0.05, 0.1) is 17.7 Å². The van der Waals surface area contributed by atoms with E-state index in [-0.39, 0.29) is 11.3 Å². The summed E-state index contributed by atoms with van der Waals surface area (Å²) < 4.78 is 16.5. The summed E-state index contributed by atoms with van der Waals surface area (Å²) in [6.07, 6.45) is 7.02. The van der Waals surface area contributed by atoms with Crippen LogP contribution in [0.1, 0.15) is 29.9 Å². The van der Waals surface area contributed by atoms with Crippen molar-refractivity contribution in [1.29, 1.82) is 0 Å². The van der Waals surface area contributed by atoms with Gasteiger partial charge in [0, 0.05) is 35.3 Å². The van der Waals surface area contributed by atoms with E-state index < -0.39 is 18.0 Å². The number of imidazole rings is 1. The van der Waals surface area contributed by atoms with Gasteiger partial charge in [0.1, 0.15) is 22.9 Å². The van der Waals surface area contributed by atoms with Gasteiger partial charge in [-0.15, -0.1) is 0 Å². The van der Waals surface area contributed by atoms with E-state index in [4.69, 9.17) is 10.7 Å². The first-order valence-corrected chi connectivity index (χ1v) is 12.5. The smallest absolute Gasteiger partial charge is 0.265 e. The molecule has 4 aromatic heterocycles. The van der Waals surface area contributed by atoms with Gasteiger partial charge in [-0.1, -0.05) is 18.2 Å². The van der Waals surface area contributed by atoms with Crippen LogP contribution in [0.5, 0.6) is 0 Å². The van der Waals surface area contributed by atoms with Crippen LogP contribution in [-0.2, 0) is 6.61 Å². The monoisotopic (exact) mass is 519 g/mol. The van der Waals surface area contributed by atoms with Crippen molar-refractivity contribution in [2.24, 2.45) is 0 Å². The normalized spacial score (nSPS) is 13.4. The quantitative estimate of drug-likeness (QED) is 0.306. The zero-order valence-electron chi connectivity index (χ0n) is 20.6. The Hall–Kier alpha value is -4.96. The van der Waals surface area contributed by atoms with Gasteiger partial charge in [0.15, 0.2) is 5.65 Å². The van der Waals surface area contributed by atoms with Crippen LogP contribution in [0.2, 0.25) is 0 Å². The highest BCUT2D eigenvalue weighted by molar-refractivity contribution is 5.92. The first kappa shape index (κ1) is 23.2. The van der Waals surface area contributed by atoms with Gasteiger partial charge in [-0.05, 0) is 60.0 Å². The number of nitrogen functional groups attached to an aromatic ring is 1. The predicted molar refractivity (Wildman–Crippen MR) is 146 cm³/mol. The highest BCUT2D eigenvalue weighted by atomic mass is 19.1. The summed E-state index contributed by atoms with van der Waals surface area (Å²) in [7, 11) is 0. The van der Waals surface area contributed by atoms with Gasteiger partial charge in [-0.25, -0.2) is 14.4 Å². The van der Waals surface area contributed by atoms with Crippen LogP contribution in [-0.4, -0.2) is 34.6 Å². The number of nitrogens with one attached hydrogen (secondary N) is 1. The molecule has 192 valence electrons. The minimum absolute atomic E-state index is 0.0123. The Labute approximate surface area is 220 Å². The van der Waals surface area contributed by atoms with Gasteiger partial charge in [0.2, 0.25) is 5.95 Å². The number of anilines is 1. The molecule has 1 aliphatic rings. The Bertz CT molecular complexity index is 1960. The highest BCUT2D eigenvalue weighted by Gasteiger charge is 2.26. The molecular weight excluding hydrogens is 497 g/mol. The second-order valence-corrected chi connectivity index (χ2v) is 9.65. The Balaban J connectivity index is 1.42. The summed E-state index contributed by atoms with van der Waals surface area (Å²) in [5.41, 5.74) is 9.82. The average Bonchev–Trinajstić information content (AvgIpc) is 3.71. The lowest BCUT2D eigenvalue weighted by atomic mass is 10.0. The Kier molecular flexibility index (Phi) is 5.24. The van der Waals surface area contributed by atoms with E-state index in [0.717, 1.165) is 24.0 Å². The molecular formula is C29H22FN7O2. The first-order chi connectivity index (χ1) is 19.0. The molecule has 0 bridgehead atoms. The van der Waals surface area contributed by atoms with Crippen LogP contribution in [0, 0.1) is 5.82 Å². The second-order valence-electron chi connectivity index (χ2n) is 9.65. The maximum Gasteiger partial charge on any atom is 0.265 e. The van der Waals surface area contributed by atoms with Crippen LogP contribution in [0.25, 0.3) is 50.3 Å². The molecule has 10 heteroatoms. The first-order valence-electron chi connectivity index (χ1n) is 12.5. The summed E-state index contributed by atoms with van der Waals surface area (Å²) in [5, 5.41) is 11.1. The Morgan fingerprint density at radius 3 is 2.74 bits per heavy atom. The van der Waals surface area contributed by atoms with Crippen LogP contribution >= 0.6 is 0 Å². The summed E-state index contributed by atoms with van der Waals surface area (Å²) in [4.78, 5) is 34.3. The molecule has 0 spiro atoms. The topological polar surface area (TPSA) is 136 Å². The molecule has 7 rings (SSSR count). The van der Waals surface area contributed by atoms with Crippen molar-refractivity contribution in [2.45, 2.75) is 25.4 Å². The minimum Gasteiger partial charge on any atom is -0.392 e. The molecule has 2 aromatic carbocycles. The largest absolute Gasteiger partial charge is 0.392 e. The molecule has 9 nitrogen and oxygen atoms in total. The number of aliphatic hydroxyl groups is 1. The van der Waals surface area contributed by atoms with E-state index in [9.17, 15) is 9.90 Å². The van der Waals surface area contributed by atoms with E-state index in [0.29, 0.717) is 50.8 Å². The zero-order chi connectivity index (χ0) is 26.7. The number of pyridine rings is 2.